The Balaban J connectivity index is 2.29. The van der Waals surface area contributed by atoms with Crippen molar-refractivity contribution in [3.63, 3.8) is 0 Å². The Labute approximate surface area is 185 Å². The minimum atomic E-state index is -3.70. The molecule has 31 heavy (non-hydrogen) atoms. The molecule has 0 bridgehead atoms. The quantitative estimate of drug-likeness (QED) is 0.608. The summed E-state index contributed by atoms with van der Waals surface area (Å²) in [7, 11) is -3.70. The number of hydrogen-bond donors (Lipinski definition) is 1. The first-order valence-corrected chi connectivity index (χ1v) is 12.1. The lowest BCUT2D eigenvalue weighted by Crippen LogP contribution is -2.52. The summed E-state index contributed by atoms with van der Waals surface area (Å²) in [6.07, 6.45) is 1.63. The maximum Gasteiger partial charge on any atom is 0.244 e. The van der Waals surface area contributed by atoms with E-state index in [9.17, 15) is 18.0 Å². The van der Waals surface area contributed by atoms with E-state index in [0.717, 1.165) is 21.7 Å². The average Bonchev–Trinajstić information content (AvgIpc) is 2.72. The number of hydrogen-bond acceptors (Lipinski definition) is 4. The SMILES string of the molecule is CCNC(=O)[C@@H](C)N(CCc1ccccc1)C(=O)CN(c1cccc(C)c1)S(C)(=O)=O. The molecule has 0 aliphatic carbocycles. The second kappa shape index (κ2) is 10.9. The minimum Gasteiger partial charge on any atom is -0.355 e. The molecule has 0 saturated heterocycles. The van der Waals surface area contributed by atoms with E-state index in [1.807, 2.05) is 50.2 Å². The highest BCUT2D eigenvalue weighted by molar-refractivity contribution is 7.92. The molecular weight excluding hydrogens is 414 g/mol. The van der Waals surface area contributed by atoms with Gasteiger partial charge in [-0.3, -0.25) is 13.9 Å². The number of carbonyl (C=O) groups is 2. The molecule has 2 aromatic rings. The number of sulfonamides is 1. The molecule has 0 unspecified atom stereocenters. The second-order valence-corrected chi connectivity index (χ2v) is 9.41. The van der Waals surface area contributed by atoms with E-state index in [-0.39, 0.29) is 12.5 Å². The zero-order chi connectivity index (χ0) is 23.0. The second-order valence-electron chi connectivity index (χ2n) is 7.50. The van der Waals surface area contributed by atoms with Crippen LogP contribution in [0.1, 0.15) is 25.0 Å². The molecule has 2 rings (SSSR count). The van der Waals surface area contributed by atoms with E-state index < -0.39 is 22.0 Å². The Morgan fingerprint density at radius 1 is 1.06 bits per heavy atom. The molecule has 0 radical (unpaired) electrons. The van der Waals surface area contributed by atoms with Crippen molar-refractivity contribution in [3.05, 3.63) is 65.7 Å². The predicted molar refractivity (Wildman–Crippen MR) is 123 cm³/mol. The summed E-state index contributed by atoms with van der Waals surface area (Å²) >= 11 is 0. The van der Waals surface area contributed by atoms with Crippen LogP contribution < -0.4 is 9.62 Å². The molecular formula is C23H31N3O4S. The first-order valence-electron chi connectivity index (χ1n) is 10.3. The van der Waals surface area contributed by atoms with E-state index >= 15 is 0 Å². The first kappa shape index (κ1) is 24.4. The Morgan fingerprint density at radius 2 is 1.74 bits per heavy atom. The van der Waals surface area contributed by atoms with Gasteiger partial charge in [0.15, 0.2) is 0 Å². The molecule has 168 valence electrons. The van der Waals surface area contributed by atoms with Crippen molar-refractivity contribution in [2.45, 2.75) is 33.2 Å². The fraction of sp³-hybridized carbons (Fsp3) is 0.391. The summed E-state index contributed by atoms with van der Waals surface area (Å²) < 4.78 is 26.0. The molecule has 8 heteroatoms. The van der Waals surface area contributed by atoms with Crippen molar-refractivity contribution >= 4 is 27.5 Å². The van der Waals surface area contributed by atoms with E-state index in [1.165, 1.54) is 4.90 Å². The molecule has 0 spiro atoms. The molecule has 0 heterocycles. The molecule has 0 fully saturated rings. The fourth-order valence-corrected chi connectivity index (χ4v) is 4.13. The summed E-state index contributed by atoms with van der Waals surface area (Å²) in [6, 6.07) is 15.9. The van der Waals surface area contributed by atoms with Gasteiger partial charge in [-0.15, -0.1) is 0 Å². The third-order valence-corrected chi connectivity index (χ3v) is 6.11. The molecule has 0 aliphatic rings. The average molecular weight is 446 g/mol. The number of aryl methyl sites for hydroxylation is 1. The topological polar surface area (TPSA) is 86.8 Å². The Bertz CT molecular complexity index is 993. The maximum absolute atomic E-state index is 13.3. The Hall–Kier alpha value is -2.87. The summed E-state index contributed by atoms with van der Waals surface area (Å²) in [5.41, 5.74) is 2.33. The van der Waals surface area contributed by atoms with Crippen molar-refractivity contribution in [2.75, 3.05) is 30.2 Å². The van der Waals surface area contributed by atoms with E-state index in [4.69, 9.17) is 0 Å². The first-order chi connectivity index (χ1) is 14.6. The van der Waals surface area contributed by atoms with Crippen LogP contribution in [-0.2, 0) is 26.0 Å². The van der Waals surface area contributed by atoms with Gasteiger partial charge in [-0.05, 0) is 50.5 Å². The normalized spacial score (nSPS) is 12.1. The van der Waals surface area contributed by atoms with Crippen LogP contribution >= 0.6 is 0 Å². The number of likely N-dealkylation sites (N-methyl/N-ethyl adjacent to an activating group) is 1. The molecule has 0 saturated carbocycles. The van der Waals surface area contributed by atoms with Gasteiger partial charge in [0.05, 0.1) is 11.9 Å². The predicted octanol–water partition coefficient (Wildman–Crippen LogP) is 2.36. The van der Waals surface area contributed by atoms with Crippen LogP contribution in [-0.4, -0.2) is 57.1 Å². The summed E-state index contributed by atoms with van der Waals surface area (Å²) in [5, 5.41) is 2.74. The number of rotatable bonds is 10. The number of benzene rings is 2. The van der Waals surface area contributed by atoms with E-state index in [2.05, 4.69) is 5.32 Å². The Morgan fingerprint density at radius 3 is 2.32 bits per heavy atom. The molecule has 2 aromatic carbocycles. The summed E-state index contributed by atoms with van der Waals surface area (Å²) in [4.78, 5) is 27.2. The van der Waals surface area contributed by atoms with Crippen LogP contribution in [0.5, 0.6) is 0 Å². The van der Waals surface area contributed by atoms with Crippen molar-refractivity contribution in [1.82, 2.24) is 10.2 Å². The number of nitrogens with zero attached hydrogens (tertiary/aromatic N) is 2. The van der Waals surface area contributed by atoms with Gasteiger partial charge in [0, 0.05) is 13.1 Å². The monoisotopic (exact) mass is 445 g/mol. The highest BCUT2D eigenvalue weighted by Crippen LogP contribution is 2.19. The van der Waals surface area contributed by atoms with E-state index in [1.54, 1.807) is 25.1 Å². The highest BCUT2D eigenvalue weighted by Gasteiger charge is 2.29. The highest BCUT2D eigenvalue weighted by atomic mass is 32.2. The summed E-state index contributed by atoms with van der Waals surface area (Å²) in [5.74, 6) is -0.702. The number of amides is 2. The zero-order valence-corrected chi connectivity index (χ0v) is 19.4. The Kier molecular flexibility index (Phi) is 8.62. The largest absolute Gasteiger partial charge is 0.355 e. The number of carbonyl (C=O) groups excluding carboxylic acids is 2. The standard InChI is InChI=1S/C23H31N3O4S/c1-5-24-23(28)19(3)25(15-14-20-11-7-6-8-12-20)22(27)17-26(31(4,29)30)21-13-9-10-18(2)16-21/h6-13,16,19H,5,14-15,17H2,1-4H3,(H,24,28)/t19-/m1/s1. The van der Waals surface area contributed by atoms with Gasteiger partial charge < -0.3 is 10.2 Å². The van der Waals surface area contributed by atoms with E-state index in [0.29, 0.717) is 25.2 Å². The number of nitrogens with one attached hydrogen (secondary N) is 1. The third kappa shape index (κ3) is 7.10. The molecule has 2 amide bonds. The van der Waals surface area contributed by atoms with Crippen LogP contribution in [0.25, 0.3) is 0 Å². The van der Waals surface area contributed by atoms with Crippen LogP contribution in [0, 0.1) is 6.92 Å². The van der Waals surface area contributed by atoms with Crippen LogP contribution in [0.4, 0.5) is 5.69 Å². The van der Waals surface area contributed by atoms with Gasteiger partial charge >= 0.3 is 0 Å². The van der Waals surface area contributed by atoms with Crippen LogP contribution in [0.3, 0.4) is 0 Å². The van der Waals surface area contributed by atoms with Crippen molar-refractivity contribution < 1.29 is 18.0 Å². The maximum atomic E-state index is 13.3. The number of anilines is 1. The molecule has 0 aromatic heterocycles. The molecule has 1 atom stereocenters. The lowest BCUT2D eigenvalue weighted by molar-refractivity contribution is -0.138. The van der Waals surface area contributed by atoms with Gasteiger partial charge in [0.1, 0.15) is 12.6 Å². The third-order valence-electron chi connectivity index (χ3n) is 4.97. The lowest BCUT2D eigenvalue weighted by Gasteiger charge is -2.31. The van der Waals surface area contributed by atoms with Gasteiger partial charge in [-0.2, -0.15) is 0 Å². The lowest BCUT2D eigenvalue weighted by atomic mass is 10.1. The van der Waals surface area contributed by atoms with Gasteiger partial charge in [-0.1, -0.05) is 42.5 Å². The molecule has 0 aliphatic heterocycles. The van der Waals surface area contributed by atoms with Crippen molar-refractivity contribution in [1.29, 1.82) is 0 Å². The van der Waals surface area contributed by atoms with Gasteiger partial charge in [-0.25, -0.2) is 8.42 Å². The van der Waals surface area contributed by atoms with Gasteiger partial charge in [0.2, 0.25) is 21.8 Å². The van der Waals surface area contributed by atoms with Gasteiger partial charge in [0.25, 0.3) is 0 Å². The van der Waals surface area contributed by atoms with Crippen molar-refractivity contribution in [3.8, 4) is 0 Å². The minimum absolute atomic E-state index is 0.273. The van der Waals surface area contributed by atoms with Crippen LogP contribution in [0.2, 0.25) is 0 Å². The van der Waals surface area contributed by atoms with Crippen LogP contribution in [0.15, 0.2) is 54.6 Å². The molecule has 1 N–H and O–H groups in total. The fourth-order valence-electron chi connectivity index (χ4n) is 3.29. The zero-order valence-electron chi connectivity index (χ0n) is 18.5. The molecule has 7 nitrogen and oxygen atoms in total. The smallest absolute Gasteiger partial charge is 0.244 e. The van der Waals surface area contributed by atoms with Crippen molar-refractivity contribution in [2.24, 2.45) is 0 Å². The summed E-state index contributed by atoms with van der Waals surface area (Å²) in [6.45, 7) is 5.69.